The average Bonchev–Trinajstić information content (AvgIpc) is 2.61. The molecule has 0 fully saturated rings. The lowest BCUT2D eigenvalue weighted by Gasteiger charge is -2.10. The van der Waals surface area contributed by atoms with Crippen molar-refractivity contribution in [1.82, 2.24) is 9.97 Å². The lowest BCUT2D eigenvalue weighted by molar-refractivity contribution is -0.384. The van der Waals surface area contributed by atoms with Crippen molar-refractivity contribution in [3.05, 3.63) is 82.2 Å². The van der Waals surface area contributed by atoms with Crippen molar-refractivity contribution in [1.29, 1.82) is 0 Å². The van der Waals surface area contributed by atoms with Crippen LogP contribution in [0.4, 0.5) is 5.69 Å². The van der Waals surface area contributed by atoms with Gasteiger partial charge in [0.05, 0.1) is 4.92 Å². The minimum Gasteiger partial charge on any atom is -0.471 e. The number of aryl methyl sites for hydroxylation is 1. The molecule has 0 radical (unpaired) electrons. The van der Waals surface area contributed by atoms with E-state index in [1.165, 1.54) is 12.1 Å². The van der Waals surface area contributed by atoms with E-state index in [4.69, 9.17) is 4.74 Å². The molecule has 0 spiro atoms. The molecule has 0 amide bonds. The van der Waals surface area contributed by atoms with Crippen LogP contribution in [0.1, 0.15) is 11.1 Å². The molecule has 0 N–H and O–H groups in total. The smallest absolute Gasteiger partial charge is 0.269 e. The van der Waals surface area contributed by atoms with Gasteiger partial charge in [0.1, 0.15) is 12.3 Å². The highest BCUT2D eigenvalue weighted by Crippen LogP contribution is 2.27. The molecule has 6 heteroatoms. The molecule has 0 bridgehead atoms. The second kappa shape index (κ2) is 6.87. The summed E-state index contributed by atoms with van der Waals surface area (Å²) < 4.78 is 5.83. The van der Waals surface area contributed by atoms with E-state index in [0.717, 1.165) is 11.1 Å². The summed E-state index contributed by atoms with van der Waals surface area (Å²) in [6.45, 7) is 2.40. The van der Waals surface area contributed by atoms with Crippen molar-refractivity contribution in [2.45, 2.75) is 13.5 Å². The predicted octanol–water partition coefficient (Wildman–Crippen LogP) is 3.94. The Balaban J connectivity index is 1.85. The summed E-state index contributed by atoms with van der Waals surface area (Å²) >= 11 is 0. The van der Waals surface area contributed by atoms with Gasteiger partial charge in [-0.25, -0.2) is 9.97 Å². The number of nitrogens with zero attached hydrogens (tertiary/aromatic N) is 3. The van der Waals surface area contributed by atoms with E-state index >= 15 is 0 Å². The molecule has 0 atom stereocenters. The normalized spacial score (nSPS) is 10.4. The summed E-state index contributed by atoms with van der Waals surface area (Å²) in [5, 5.41) is 10.8. The number of nitro groups is 1. The summed E-state index contributed by atoms with van der Waals surface area (Å²) in [6, 6.07) is 14.1. The quantitative estimate of drug-likeness (QED) is 0.525. The Bertz CT molecular complexity index is 863. The zero-order chi connectivity index (χ0) is 16.9. The molecule has 2 aromatic carbocycles. The van der Waals surface area contributed by atoms with Gasteiger partial charge in [0, 0.05) is 30.1 Å². The summed E-state index contributed by atoms with van der Waals surface area (Å²) in [7, 11) is 0. The number of hydrogen-bond donors (Lipinski definition) is 0. The third-order valence-corrected chi connectivity index (χ3v) is 3.64. The van der Waals surface area contributed by atoms with Crippen LogP contribution in [-0.4, -0.2) is 14.9 Å². The van der Waals surface area contributed by atoms with Gasteiger partial charge in [0.2, 0.25) is 5.88 Å². The van der Waals surface area contributed by atoms with E-state index in [2.05, 4.69) is 9.97 Å². The molecular weight excluding hydrogens is 306 g/mol. The third-order valence-electron chi connectivity index (χ3n) is 3.64. The zero-order valence-electron chi connectivity index (χ0n) is 13.0. The second-order valence-electron chi connectivity index (χ2n) is 5.23. The van der Waals surface area contributed by atoms with Crippen LogP contribution in [0.15, 0.2) is 60.9 Å². The maximum atomic E-state index is 10.8. The Kier molecular flexibility index (Phi) is 4.47. The molecule has 6 nitrogen and oxygen atoms in total. The molecule has 0 aliphatic carbocycles. The van der Waals surface area contributed by atoms with Crippen molar-refractivity contribution in [2.75, 3.05) is 0 Å². The highest BCUT2D eigenvalue weighted by molar-refractivity contribution is 5.65. The highest BCUT2D eigenvalue weighted by Gasteiger charge is 2.12. The highest BCUT2D eigenvalue weighted by atomic mass is 16.6. The van der Waals surface area contributed by atoms with E-state index in [1.54, 1.807) is 24.5 Å². The SMILES string of the molecule is Cc1ccccc1COc1nccnc1-c1ccc([N+](=O)[O-])cc1. The van der Waals surface area contributed by atoms with Crippen LogP contribution in [0.3, 0.4) is 0 Å². The van der Waals surface area contributed by atoms with E-state index in [1.807, 2.05) is 31.2 Å². The first-order valence-electron chi connectivity index (χ1n) is 7.38. The zero-order valence-corrected chi connectivity index (χ0v) is 13.0. The van der Waals surface area contributed by atoms with Crippen LogP contribution in [0.2, 0.25) is 0 Å². The Morgan fingerprint density at radius 2 is 1.75 bits per heavy atom. The van der Waals surface area contributed by atoms with Gasteiger partial charge in [-0.05, 0) is 30.2 Å². The van der Waals surface area contributed by atoms with Crippen LogP contribution in [-0.2, 0) is 6.61 Å². The van der Waals surface area contributed by atoms with Crippen molar-refractivity contribution in [3.8, 4) is 17.1 Å². The molecule has 24 heavy (non-hydrogen) atoms. The first kappa shape index (κ1) is 15.6. The predicted molar refractivity (Wildman–Crippen MR) is 89.6 cm³/mol. The van der Waals surface area contributed by atoms with Gasteiger partial charge in [0.25, 0.3) is 5.69 Å². The standard InChI is InChI=1S/C18H15N3O3/c1-13-4-2-3-5-15(13)12-24-18-17(19-10-11-20-18)14-6-8-16(9-7-14)21(22)23/h2-11H,12H2,1H3. The molecule has 0 unspecified atom stereocenters. The van der Waals surface area contributed by atoms with Crippen LogP contribution < -0.4 is 4.74 Å². The fraction of sp³-hybridized carbons (Fsp3) is 0.111. The minimum absolute atomic E-state index is 0.0324. The molecule has 120 valence electrons. The minimum atomic E-state index is -0.434. The number of hydrogen-bond acceptors (Lipinski definition) is 5. The van der Waals surface area contributed by atoms with Crippen molar-refractivity contribution in [2.24, 2.45) is 0 Å². The molecule has 3 rings (SSSR count). The molecule has 1 heterocycles. The Morgan fingerprint density at radius 1 is 1.04 bits per heavy atom. The third kappa shape index (κ3) is 3.38. The number of nitro benzene ring substituents is 1. The largest absolute Gasteiger partial charge is 0.471 e. The molecule has 0 aliphatic heterocycles. The molecule has 0 saturated heterocycles. The summed E-state index contributed by atoms with van der Waals surface area (Å²) in [5.41, 5.74) is 3.51. The number of benzene rings is 2. The number of rotatable bonds is 5. The van der Waals surface area contributed by atoms with Gasteiger partial charge >= 0.3 is 0 Å². The van der Waals surface area contributed by atoms with E-state index < -0.39 is 4.92 Å². The molecule has 0 aliphatic rings. The van der Waals surface area contributed by atoms with E-state index in [9.17, 15) is 10.1 Å². The monoisotopic (exact) mass is 321 g/mol. The Hall–Kier alpha value is -3.28. The van der Waals surface area contributed by atoms with Crippen LogP contribution in [0, 0.1) is 17.0 Å². The van der Waals surface area contributed by atoms with Gasteiger partial charge < -0.3 is 4.74 Å². The van der Waals surface area contributed by atoms with E-state index in [-0.39, 0.29) is 5.69 Å². The van der Waals surface area contributed by atoms with Gasteiger partial charge in [0.15, 0.2) is 0 Å². The van der Waals surface area contributed by atoms with E-state index in [0.29, 0.717) is 23.7 Å². The number of aromatic nitrogens is 2. The van der Waals surface area contributed by atoms with Gasteiger partial charge in [-0.2, -0.15) is 0 Å². The van der Waals surface area contributed by atoms with Gasteiger partial charge in [-0.15, -0.1) is 0 Å². The maximum Gasteiger partial charge on any atom is 0.269 e. The first-order valence-corrected chi connectivity index (χ1v) is 7.38. The topological polar surface area (TPSA) is 78.2 Å². The first-order chi connectivity index (χ1) is 11.6. The van der Waals surface area contributed by atoms with Crippen LogP contribution in [0.5, 0.6) is 5.88 Å². The van der Waals surface area contributed by atoms with Crippen LogP contribution in [0.25, 0.3) is 11.3 Å². The summed E-state index contributed by atoms with van der Waals surface area (Å²) in [4.78, 5) is 18.9. The summed E-state index contributed by atoms with van der Waals surface area (Å²) in [6.07, 6.45) is 3.12. The molecule has 0 saturated carbocycles. The average molecular weight is 321 g/mol. The molecule has 3 aromatic rings. The molecular formula is C18H15N3O3. The lowest BCUT2D eigenvalue weighted by Crippen LogP contribution is -2.01. The van der Waals surface area contributed by atoms with Crippen molar-refractivity contribution in [3.63, 3.8) is 0 Å². The van der Waals surface area contributed by atoms with Crippen LogP contribution >= 0.6 is 0 Å². The fourth-order valence-corrected chi connectivity index (χ4v) is 2.29. The fourth-order valence-electron chi connectivity index (χ4n) is 2.29. The number of non-ortho nitro benzene ring substituents is 1. The van der Waals surface area contributed by atoms with Crippen molar-refractivity contribution >= 4 is 5.69 Å². The van der Waals surface area contributed by atoms with Gasteiger partial charge in [-0.1, -0.05) is 24.3 Å². The molecule has 1 aromatic heterocycles. The van der Waals surface area contributed by atoms with Crippen molar-refractivity contribution < 1.29 is 9.66 Å². The lowest BCUT2D eigenvalue weighted by atomic mass is 10.1. The maximum absolute atomic E-state index is 10.8. The Morgan fingerprint density at radius 3 is 2.46 bits per heavy atom. The Labute approximate surface area is 138 Å². The number of ether oxygens (including phenoxy) is 1. The summed E-state index contributed by atoms with van der Waals surface area (Å²) in [5.74, 6) is 0.398. The van der Waals surface area contributed by atoms with Gasteiger partial charge in [-0.3, -0.25) is 10.1 Å². The second-order valence-corrected chi connectivity index (χ2v) is 5.23.